The van der Waals surface area contributed by atoms with Gasteiger partial charge in [0, 0.05) is 13.2 Å². The van der Waals surface area contributed by atoms with Crippen molar-refractivity contribution in [2.45, 2.75) is 25.9 Å². The summed E-state index contributed by atoms with van der Waals surface area (Å²) in [4.78, 5) is 0. The van der Waals surface area contributed by atoms with Crippen molar-refractivity contribution in [3.8, 4) is 5.75 Å². The van der Waals surface area contributed by atoms with Gasteiger partial charge in [-0.05, 0) is 36.6 Å². The van der Waals surface area contributed by atoms with E-state index >= 15 is 0 Å². The van der Waals surface area contributed by atoms with Crippen LogP contribution in [0.5, 0.6) is 5.75 Å². The van der Waals surface area contributed by atoms with Gasteiger partial charge in [-0.15, -0.1) is 0 Å². The predicted octanol–water partition coefficient (Wildman–Crippen LogP) is 1.73. The van der Waals surface area contributed by atoms with Crippen LogP contribution in [0.3, 0.4) is 0 Å². The summed E-state index contributed by atoms with van der Waals surface area (Å²) in [6.45, 7) is 3.68. The normalized spacial score (nSPS) is 14.1. The minimum Gasteiger partial charge on any atom is -0.497 e. The zero-order chi connectivity index (χ0) is 14.1. The van der Waals surface area contributed by atoms with Gasteiger partial charge in [0.1, 0.15) is 5.75 Å². The fourth-order valence-electron chi connectivity index (χ4n) is 2.00. The molecule has 0 aliphatic rings. The number of aliphatic hydroxyl groups excluding tert-OH is 2. The van der Waals surface area contributed by atoms with Crippen LogP contribution in [-0.2, 0) is 0 Å². The largest absolute Gasteiger partial charge is 0.497 e. The first-order chi connectivity index (χ1) is 9.21. The molecule has 0 saturated carbocycles. The fourth-order valence-corrected chi connectivity index (χ4v) is 2.00. The zero-order valence-electron chi connectivity index (χ0n) is 11.8. The van der Waals surface area contributed by atoms with Crippen molar-refractivity contribution < 1.29 is 14.9 Å². The Kier molecular flexibility index (Phi) is 7.48. The lowest BCUT2D eigenvalue weighted by atomic mass is 10.0. The van der Waals surface area contributed by atoms with Gasteiger partial charge in [0.05, 0.1) is 13.2 Å². The lowest BCUT2D eigenvalue weighted by Gasteiger charge is -2.17. The highest BCUT2D eigenvalue weighted by molar-refractivity contribution is 5.28. The first kappa shape index (κ1) is 16.0. The van der Waals surface area contributed by atoms with Crippen LogP contribution in [0.15, 0.2) is 24.3 Å². The summed E-state index contributed by atoms with van der Waals surface area (Å²) in [6, 6.07) is 7.44. The van der Waals surface area contributed by atoms with Crippen molar-refractivity contribution in [3.63, 3.8) is 0 Å². The molecule has 19 heavy (non-hydrogen) atoms. The molecule has 0 spiro atoms. The third-order valence-corrected chi connectivity index (χ3v) is 3.39. The van der Waals surface area contributed by atoms with E-state index in [4.69, 9.17) is 9.84 Å². The number of benzene rings is 1. The van der Waals surface area contributed by atoms with Crippen molar-refractivity contribution in [2.24, 2.45) is 5.92 Å². The number of rotatable bonds is 9. The summed E-state index contributed by atoms with van der Waals surface area (Å²) in [5.74, 6) is 1.26. The average Bonchev–Trinajstić information content (AvgIpc) is 2.46. The molecule has 0 fully saturated rings. The van der Waals surface area contributed by atoms with E-state index in [2.05, 4.69) is 12.2 Å². The van der Waals surface area contributed by atoms with E-state index in [1.54, 1.807) is 7.11 Å². The van der Waals surface area contributed by atoms with Crippen LogP contribution in [-0.4, -0.2) is 37.0 Å². The summed E-state index contributed by atoms with van der Waals surface area (Å²) in [5, 5.41) is 22.2. The summed E-state index contributed by atoms with van der Waals surface area (Å²) >= 11 is 0. The average molecular weight is 267 g/mol. The second kappa shape index (κ2) is 8.91. The molecule has 0 saturated heterocycles. The van der Waals surface area contributed by atoms with Gasteiger partial charge >= 0.3 is 0 Å². The third kappa shape index (κ3) is 5.59. The summed E-state index contributed by atoms with van der Waals surface area (Å²) in [6.07, 6.45) is 1.33. The van der Waals surface area contributed by atoms with Gasteiger partial charge in [0.25, 0.3) is 0 Å². The van der Waals surface area contributed by atoms with Gasteiger partial charge in [-0.2, -0.15) is 0 Å². The van der Waals surface area contributed by atoms with Crippen LogP contribution >= 0.6 is 0 Å². The molecule has 0 heterocycles. The number of ether oxygens (including phenoxy) is 1. The number of hydrogen-bond acceptors (Lipinski definition) is 4. The van der Waals surface area contributed by atoms with Crippen LogP contribution in [0.2, 0.25) is 0 Å². The Labute approximate surface area is 115 Å². The highest BCUT2D eigenvalue weighted by Crippen LogP contribution is 2.17. The minimum atomic E-state index is -0.516. The van der Waals surface area contributed by atoms with E-state index in [0.29, 0.717) is 12.5 Å². The molecule has 3 N–H and O–H groups in total. The standard InChI is InChI=1S/C15H25NO3/c1-3-12(8-9-17)10-16-11-15(18)13-4-6-14(19-2)7-5-13/h4-7,12,15-18H,3,8-11H2,1-2H3. The van der Waals surface area contributed by atoms with E-state index < -0.39 is 6.10 Å². The van der Waals surface area contributed by atoms with E-state index in [0.717, 1.165) is 30.7 Å². The first-order valence-electron chi connectivity index (χ1n) is 6.84. The molecule has 0 aromatic heterocycles. The second-order valence-electron chi connectivity index (χ2n) is 4.73. The third-order valence-electron chi connectivity index (χ3n) is 3.39. The van der Waals surface area contributed by atoms with Crippen molar-refractivity contribution in [1.82, 2.24) is 5.32 Å². The molecule has 4 heteroatoms. The number of nitrogens with one attached hydrogen (secondary N) is 1. The minimum absolute atomic E-state index is 0.223. The molecule has 1 aromatic carbocycles. The molecule has 1 aromatic rings. The van der Waals surface area contributed by atoms with Crippen molar-refractivity contribution in [2.75, 3.05) is 26.8 Å². The van der Waals surface area contributed by atoms with E-state index in [1.807, 2.05) is 24.3 Å². The zero-order valence-corrected chi connectivity index (χ0v) is 11.8. The smallest absolute Gasteiger partial charge is 0.118 e. The quantitative estimate of drug-likeness (QED) is 0.637. The molecule has 2 unspecified atom stereocenters. The summed E-state index contributed by atoms with van der Waals surface area (Å²) in [5.41, 5.74) is 0.878. The highest BCUT2D eigenvalue weighted by atomic mass is 16.5. The fraction of sp³-hybridized carbons (Fsp3) is 0.600. The van der Waals surface area contributed by atoms with Gasteiger partial charge < -0.3 is 20.3 Å². The molecule has 0 amide bonds. The Morgan fingerprint density at radius 2 is 1.89 bits per heavy atom. The first-order valence-corrected chi connectivity index (χ1v) is 6.84. The summed E-state index contributed by atoms with van der Waals surface area (Å²) < 4.78 is 5.08. The number of hydrogen-bond donors (Lipinski definition) is 3. The molecule has 0 aliphatic carbocycles. The van der Waals surface area contributed by atoms with E-state index in [9.17, 15) is 5.11 Å². The Morgan fingerprint density at radius 3 is 2.42 bits per heavy atom. The maximum atomic E-state index is 10.0. The number of aliphatic hydroxyl groups is 2. The molecular formula is C15H25NO3. The summed E-state index contributed by atoms with van der Waals surface area (Å²) in [7, 11) is 1.62. The monoisotopic (exact) mass is 267 g/mol. The maximum absolute atomic E-state index is 10.0. The molecular weight excluding hydrogens is 242 g/mol. The van der Waals surface area contributed by atoms with Crippen LogP contribution in [0.1, 0.15) is 31.4 Å². The Bertz CT molecular complexity index is 340. The predicted molar refractivity (Wildman–Crippen MR) is 76.3 cm³/mol. The van der Waals surface area contributed by atoms with Gasteiger partial charge in [-0.3, -0.25) is 0 Å². The topological polar surface area (TPSA) is 61.7 Å². The Hall–Kier alpha value is -1.10. The molecule has 2 atom stereocenters. The van der Waals surface area contributed by atoms with Crippen molar-refractivity contribution in [1.29, 1.82) is 0 Å². The van der Waals surface area contributed by atoms with E-state index in [1.165, 1.54) is 0 Å². The van der Waals surface area contributed by atoms with Crippen molar-refractivity contribution in [3.05, 3.63) is 29.8 Å². The van der Waals surface area contributed by atoms with E-state index in [-0.39, 0.29) is 6.61 Å². The maximum Gasteiger partial charge on any atom is 0.118 e. The lowest BCUT2D eigenvalue weighted by molar-refractivity contribution is 0.170. The molecule has 4 nitrogen and oxygen atoms in total. The Balaban J connectivity index is 2.35. The highest BCUT2D eigenvalue weighted by Gasteiger charge is 2.09. The lowest BCUT2D eigenvalue weighted by Crippen LogP contribution is -2.27. The van der Waals surface area contributed by atoms with Gasteiger partial charge in [0.15, 0.2) is 0 Å². The molecule has 0 bridgehead atoms. The van der Waals surface area contributed by atoms with Gasteiger partial charge in [0.2, 0.25) is 0 Å². The van der Waals surface area contributed by atoms with Gasteiger partial charge in [-0.1, -0.05) is 25.5 Å². The van der Waals surface area contributed by atoms with Crippen LogP contribution in [0.4, 0.5) is 0 Å². The van der Waals surface area contributed by atoms with Gasteiger partial charge in [-0.25, -0.2) is 0 Å². The van der Waals surface area contributed by atoms with Crippen LogP contribution < -0.4 is 10.1 Å². The molecule has 1 rings (SSSR count). The van der Waals surface area contributed by atoms with Crippen LogP contribution in [0.25, 0.3) is 0 Å². The SMILES string of the molecule is CCC(CCO)CNCC(O)c1ccc(OC)cc1. The second-order valence-corrected chi connectivity index (χ2v) is 4.73. The van der Waals surface area contributed by atoms with Crippen molar-refractivity contribution >= 4 is 0 Å². The molecule has 0 radical (unpaired) electrons. The molecule has 108 valence electrons. The Morgan fingerprint density at radius 1 is 1.21 bits per heavy atom. The van der Waals surface area contributed by atoms with Crippen LogP contribution in [0, 0.1) is 5.92 Å². The molecule has 0 aliphatic heterocycles. The number of methoxy groups -OCH3 is 1.